The first-order valence-corrected chi connectivity index (χ1v) is 6.50. The van der Waals surface area contributed by atoms with E-state index in [4.69, 9.17) is 0 Å². The van der Waals surface area contributed by atoms with Crippen LogP contribution in [0, 0.1) is 17.3 Å². The van der Waals surface area contributed by atoms with E-state index in [1.165, 1.54) is 24.8 Å². The summed E-state index contributed by atoms with van der Waals surface area (Å²) < 4.78 is 0. The van der Waals surface area contributed by atoms with Crippen molar-refractivity contribution in [1.82, 2.24) is 0 Å². The van der Waals surface area contributed by atoms with Gasteiger partial charge in [0.15, 0.2) is 0 Å². The first-order chi connectivity index (χ1) is 7.45. The van der Waals surface area contributed by atoms with Crippen LogP contribution in [0.4, 0.5) is 0 Å². The average molecular weight is 220 g/mol. The van der Waals surface area contributed by atoms with Crippen LogP contribution in [0.1, 0.15) is 46.5 Å². The number of aliphatic hydroxyl groups excluding tert-OH is 1. The van der Waals surface area contributed by atoms with E-state index >= 15 is 0 Å². The molecule has 0 aromatic heterocycles. The summed E-state index contributed by atoms with van der Waals surface area (Å²) in [6, 6.07) is 0. The summed E-state index contributed by atoms with van der Waals surface area (Å²) in [4.78, 5) is 0. The maximum Gasteiger partial charge on any atom is 0.0789 e. The van der Waals surface area contributed by atoms with Gasteiger partial charge in [0.05, 0.1) is 6.10 Å². The molecule has 1 fully saturated rings. The number of allylic oxidation sites excluding steroid dienone is 1. The van der Waals surface area contributed by atoms with Crippen molar-refractivity contribution in [2.24, 2.45) is 17.3 Å². The smallest absolute Gasteiger partial charge is 0.0789 e. The van der Waals surface area contributed by atoms with Crippen LogP contribution in [-0.2, 0) is 0 Å². The third-order valence-corrected chi connectivity index (χ3v) is 4.97. The molecule has 4 atom stereocenters. The minimum atomic E-state index is -0.300. The van der Waals surface area contributed by atoms with E-state index in [9.17, 15) is 5.11 Å². The Morgan fingerprint density at radius 3 is 2.88 bits per heavy atom. The normalized spacial score (nSPS) is 43.5. The average Bonchev–Trinajstić information content (AvgIpc) is 2.20. The Balaban J connectivity index is 2.34. The quantitative estimate of drug-likeness (QED) is 0.668. The predicted octanol–water partition coefficient (Wildman–Crippen LogP) is 3.70. The molecule has 0 unspecified atom stereocenters. The van der Waals surface area contributed by atoms with Gasteiger partial charge in [0.25, 0.3) is 0 Å². The molecule has 16 heavy (non-hydrogen) atoms. The van der Waals surface area contributed by atoms with E-state index in [1.807, 2.05) is 6.92 Å². The molecule has 1 nitrogen and oxygen atoms in total. The van der Waals surface area contributed by atoms with Gasteiger partial charge >= 0.3 is 0 Å². The zero-order valence-electron chi connectivity index (χ0n) is 10.8. The van der Waals surface area contributed by atoms with E-state index in [0.29, 0.717) is 5.41 Å². The minimum absolute atomic E-state index is 0.259. The van der Waals surface area contributed by atoms with Crippen LogP contribution < -0.4 is 0 Å². The van der Waals surface area contributed by atoms with Gasteiger partial charge in [-0.3, -0.25) is 0 Å². The van der Waals surface area contributed by atoms with Crippen LogP contribution in [0.2, 0.25) is 0 Å². The maximum absolute atomic E-state index is 10.1. The summed E-state index contributed by atoms with van der Waals surface area (Å²) >= 11 is 0. The fourth-order valence-electron chi connectivity index (χ4n) is 3.49. The molecule has 0 aliphatic heterocycles. The van der Waals surface area contributed by atoms with Crippen LogP contribution in [0.15, 0.2) is 23.8 Å². The van der Waals surface area contributed by atoms with E-state index in [1.54, 1.807) is 0 Å². The number of aliphatic hydroxyl groups is 1. The second-order valence-electron chi connectivity index (χ2n) is 6.05. The van der Waals surface area contributed by atoms with Crippen molar-refractivity contribution in [3.8, 4) is 0 Å². The molecule has 0 saturated heterocycles. The van der Waals surface area contributed by atoms with Crippen molar-refractivity contribution in [2.45, 2.75) is 52.6 Å². The van der Waals surface area contributed by atoms with Gasteiger partial charge in [0, 0.05) is 5.92 Å². The molecule has 2 rings (SSSR count). The number of rotatable bonds is 1. The van der Waals surface area contributed by atoms with E-state index in [2.05, 4.69) is 26.5 Å². The van der Waals surface area contributed by atoms with Crippen LogP contribution >= 0.6 is 0 Å². The first-order valence-electron chi connectivity index (χ1n) is 6.50. The molecule has 0 aromatic rings. The highest BCUT2D eigenvalue weighted by molar-refractivity contribution is 5.26. The molecular formula is C15H24O. The Hall–Kier alpha value is -0.560. The summed E-state index contributed by atoms with van der Waals surface area (Å²) in [5.41, 5.74) is 2.93. The molecule has 0 radical (unpaired) electrons. The van der Waals surface area contributed by atoms with Gasteiger partial charge in [-0.15, -0.1) is 0 Å². The molecule has 0 aromatic carbocycles. The van der Waals surface area contributed by atoms with E-state index < -0.39 is 0 Å². The van der Waals surface area contributed by atoms with Crippen molar-refractivity contribution < 1.29 is 5.11 Å². The van der Waals surface area contributed by atoms with Crippen LogP contribution in [0.25, 0.3) is 0 Å². The predicted molar refractivity (Wildman–Crippen MR) is 68.1 cm³/mol. The molecule has 90 valence electrons. The van der Waals surface area contributed by atoms with Crippen molar-refractivity contribution in [2.75, 3.05) is 0 Å². The lowest BCUT2D eigenvalue weighted by molar-refractivity contribution is 0.0793. The molecule has 1 saturated carbocycles. The summed E-state index contributed by atoms with van der Waals surface area (Å²) in [5, 5.41) is 10.1. The topological polar surface area (TPSA) is 20.2 Å². The summed E-state index contributed by atoms with van der Waals surface area (Å²) in [6.07, 6.45) is 6.70. The number of fused-ring (bicyclic) bond motifs is 1. The molecule has 0 bridgehead atoms. The van der Waals surface area contributed by atoms with E-state index in [-0.39, 0.29) is 12.0 Å². The number of hydrogen-bond acceptors (Lipinski definition) is 1. The largest absolute Gasteiger partial charge is 0.388 e. The Bertz CT molecular complexity index is 328. The third kappa shape index (κ3) is 1.75. The van der Waals surface area contributed by atoms with Crippen LogP contribution in [-0.4, -0.2) is 11.2 Å². The van der Waals surface area contributed by atoms with Crippen molar-refractivity contribution in [3.63, 3.8) is 0 Å². The lowest BCUT2D eigenvalue weighted by Crippen LogP contribution is -2.40. The van der Waals surface area contributed by atoms with Gasteiger partial charge in [-0.25, -0.2) is 0 Å². The SMILES string of the molecule is C=C(C)[C@@H]1C[C@@]2(C)C(=C[C@H]1O)CCC[C@@H]2C. The third-order valence-electron chi connectivity index (χ3n) is 4.97. The van der Waals surface area contributed by atoms with Gasteiger partial charge in [-0.1, -0.05) is 37.6 Å². The fourth-order valence-corrected chi connectivity index (χ4v) is 3.49. The summed E-state index contributed by atoms with van der Waals surface area (Å²) in [7, 11) is 0. The Labute approximate surface area is 99.3 Å². The van der Waals surface area contributed by atoms with Gasteiger partial charge in [0.2, 0.25) is 0 Å². The standard InChI is InChI=1S/C15H24O/c1-10(2)13-9-15(4)11(3)6-5-7-12(15)8-14(13)16/h8,11,13-14,16H,1,5-7,9H2,2-4H3/t11-,13-,14+,15+/m0/s1. The zero-order chi connectivity index (χ0) is 11.9. The van der Waals surface area contributed by atoms with Crippen molar-refractivity contribution in [3.05, 3.63) is 23.8 Å². The lowest BCUT2D eigenvalue weighted by Gasteiger charge is -2.48. The highest BCUT2D eigenvalue weighted by Crippen LogP contribution is 2.52. The highest BCUT2D eigenvalue weighted by Gasteiger charge is 2.43. The second kappa shape index (κ2) is 4.03. The van der Waals surface area contributed by atoms with Crippen LogP contribution in [0.3, 0.4) is 0 Å². The first kappa shape index (κ1) is 11.9. The Morgan fingerprint density at radius 2 is 2.25 bits per heavy atom. The molecule has 1 heteroatoms. The van der Waals surface area contributed by atoms with Crippen LogP contribution in [0.5, 0.6) is 0 Å². The lowest BCUT2D eigenvalue weighted by atomic mass is 9.57. The molecule has 1 N–H and O–H groups in total. The molecule has 0 spiro atoms. The summed E-state index contributed by atoms with van der Waals surface area (Å²) in [6.45, 7) is 10.8. The molecule has 0 amide bonds. The zero-order valence-corrected chi connectivity index (χ0v) is 10.8. The molecule has 0 heterocycles. The van der Waals surface area contributed by atoms with Gasteiger partial charge < -0.3 is 5.11 Å². The van der Waals surface area contributed by atoms with Gasteiger partial charge in [-0.05, 0) is 43.9 Å². The van der Waals surface area contributed by atoms with Gasteiger partial charge in [-0.2, -0.15) is 0 Å². The highest BCUT2D eigenvalue weighted by atomic mass is 16.3. The molecular weight excluding hydrogens is 196 g/mol. The minimum Gasteiger partial charge on any atom is -0.388 e. The monoisotopic (exact) mass is 220 g/mol. The van der Waals surface area contributed by atoms with Crippen molar-refractivity contribution >= 4 is 0 Å². The molecule has 2 aliphatic rings. The van der Waals surface area contributed by atoms with Crippen molar-refractivity contribution in [1.29, 1.82) is 0 Å². The second-order valence-corrected chi connectivity index (χ2v) is 6.05. The van der Waals surface area contributed by atoms with E-state index in [0.717, 1.165) is 17.9 Å². The molecule has 2 aliphatic carbocycles. The number of hydrogen-bond donors (Lipinski definition) is 1. The maximum atomic E-state index is 10.1. The van der Waals surface area contributed by atoms with Gasteiger partial charge in [0.1, 0.15) is 0 Å². The fraction of sp³-hybridized carbons (Fsp3) is 0.733. The summed E-state index contributed by atoms with van der Waals surface area (Å²) in [5.74, 6) is 0.996. The Kier molecular flexibility index (Phi) is 3.00. The Morgan fingerprint density at radius 1 is 1.56 bits per heavy atom.